The first kappa shape index (κ1) is 8.63. The van der Waals surface area contributed by atoms with Crippen LogP contribution in [0.4, 0.5) is 4.39 Å². The van der Waals surface area contributed by atoms with E-state index in [2.05, 4.69) is 4.98 Å². The van der Waals surface area contributed by atoms with Gasteiger partial charge in [0.05, 0.1) is 5.69 Å². The van der Waals surface area contributed by atoms with Gasteiger partial charge in [0.15, 0.2) is 0 Å². The Morgan fingerprint density at radius 1 is 1.54 bits per heavy atom. The van der Waals surface area contributed by atoms with Crippen LogP contribution in [0.3, 0.4) is 0 Å². The van der Waals surface area contributed by atoms with Crippen molar-refractivity contribution in [2.24, 2.45) is 5.73 Å². The highest BCUT2D eigenvalue weighted by molar-refractivity contribution is 5.21. The first-order chi connectivity index (χ1) is 6.27. The topological polar surface area (TPSA) is 38.9 Å². The molecular weight excluding hydrogens is 167 g/mol. The van der Waals surface area contributed by atoms with Gasteiger partial charge in [0.1, 0.15) is 5.82 Å². The highest BCUT2D eigenvalue weighted by Crippen LogP contribution is 2.41. The van der Waals surface area contributed by atoms with Crippen LogP contribution < -0.4 is 5.73 Å². The van der Waals surface area contributed by atoms with E-state index in [9.17, 15) is 4.39 Å². The van der Waals surface area contributed by atoms with Crippen molar-refractivity contribution in [2.45, 2.75) is 24.7 Å². The van der Waals surface area contributed by atoms with Gasteiger partial charge in [-0.15, -0.1) is 0 Å². The second kappa shape index (κ2) is 3.07. The zero-order valence-corrected chi connectivity index (χ0v) is 7.46. The van der Waals surface area contributed by atoms with E-state index in [0.29, 0.717) is 6.54 Å². The standard InChI is InChI=1S/C10H13FN2/c11-8-2-5-13-9(6-8)10(7-12)3-1-4-10/h2,5-6H,1,3-4,7,12H2. The average molecular weight is 180 g/mol. The molecule has 0 radical (unpaired) electrons. The van der Waals surface area contributed by atoms with Gasteiger partial charge in [-0.2, -0.15) is 0 Å². The van der Waals surface area contributed by atoms with Crippen LogP contribution in [-0.4, -0.2) is 11.5 Å². The lowest BCUT2D eigenvalue weighted by atomic mass is 9.66. The number of aromatic nitrogens is 1. The lowest BCUT2D eigenvalue weighted by Gasteiger charge is -2.40. The second-order valence-electron chi connectivity index (χ2n) is 3.70. The Morgan fingerprint density at radius 2 is 2.31 bits per heavy atom. The van der Waals surface area contributed by atoms with E-state index >= 15 is 0 Å². The number of nitrogens with zero attached hydrogens (tertiary/aromatic N) is 1. The van der Waals surface area contributed by atoms with Crippen LogP contribution in [0.2, 0.25) is 0 Å². The Morgan fingerprint density at radius 3 is 2.77 bits per heavy atom. The van der Waals surface area contributed by atoms with E-state index in [1.54, 1.807) is 0 Å². The van der Waals surface area contributed by atoms with E-state index in [0.717, 1.165) is 18.5 Å². The van der Waals surface area contributed by atoms with Gasteiger partial charge in [0.2, 0.25) is 0 Å². The Labute approximate surface area is 77.0 Å². The van der Waals surface area contributed by atoms with Crippen LogP contribution in [-0.2, 0) is 5.41 Å². The smallest absolute Gasteiger partial charge is 0.126 e. The molecule has 1 aliphatic rings. The summed E-state index contributed by atoms with van der Waals surface area (Å²) in [6.07, 6.45) is 4.77. The van der Waals surface area contributed by atoms with Crippen molar-refractivity contribution in [1.29, 1.82) is 0 Å². The SMILES string of the molecule is NCC1(c2cc(F)ccn2)CCC1. The van der Waals surface area contributed by atoms with Gasteiger partial charge in [-0.25, -0.2) is 4.39 Å². The Kier molecular flexibility index (Phi) is 2.04. The van der Waals surface area contributed by atoms with Gasteiger partial charge in [0, 0.05) is 18.2 Å². The molecule has 0 spiro atoms. The largest absolute Gasteiger partial charge is 0.330 e. The van der Waals surface area contributed by atoms with Gasteiger partial charge in [-0.05, 0) is 25.0 Å². The molecular formula is C10H13FN2. The van der Waals surface area contributed by atoms with Gasteiger partial charge in [-0.1, -0.05) is 6.42 Å². The van der Waals surface area contributed by atoms with E-state index in [-0.39, 0.29) is 11.2 Å². The number of hydrogen-bond donors (Lipinski definition) is 1. The summed E-state index contributed by atoms with van der Waals surface area (Å²) in [5.41, 5.74) is 6.48. The van der Waals surface area contributed by atoms with Gasteiger partial charge in [0.25, 0.3) is 0 Å². The average Bonchev–Trinajstić information content (AvgIpc) is 2.03. The zero-order chi connectivity index (χ0) is 9.31. The van der Waals surface area contributed by atoms with E-state index in [1.807, 2.05) is 0 Å². The maximum Gasteiger partial charge on any atom is 0.126 e. The highest BCUT2D eigenvalue weighted by atomic mass is 19.1. The van der Waals surface area contributed by atoms with E-state index in [1.165, 1.54) is 24.8 Å². The van der Waals surface area contributed by atoms with Crippen LogP contribution >= 0.6 is 0 Å². The molecule has 0 aromatic carbocycles. The third-order valence-electron chi connectivity index (χ3n) is 2.97. The number of hydrogen-bond acceptors (Lipinski definition) is 2. The van der Waals surface area contributed by atoms with Crippen LogP contribution in [0.1, 0.15) is 25.0 Å². The molecule has 1 aromatic heterocycles. The van der Waals surface area contributed by atoms with E-state index < -0.39 is 0 Å². The molecule has 0 unspecified atom stereocenters. The normalized spacial score (nSPS) is 19.5. The summed E-state index contributed by atoms with van der Waals surface area (Å²) in [5, 5.41) is 0. The lowest BCUT2D eigenvalue weighted by Crippen LogP contribution is -2.42. The second-order valence-corrected chi connectivity index (χ2v) is 3.70. The number of pyridine rings is 1. The third kappa shape index (κ3) is 1.33. The number of halogens is 1. The van der Waals surface area contributed by atoms with Gasteiger partial charge in [-0.3, -0.25) is 4.98 Å². The fraction of sp³-hybridized carbons (Fsp3) is 0.500. The molecule has 1 fully saturated rings. The minimum absolute atomic E-state index is 0.0257. The van der Waals surface area contributed by atoms with Gasteiger partial charge >= 0.3 is 0 Å². The molecule has 70 valence electrons. The van der Waals surface area contributed by atoms with Crippen molar-refractivity contribution in [2.75, 3.05) is 6.54 Å². The quantitative estimate of drug-likeness (QED) is 0.750. The van der Waals surface area contributed by atoms with E-state index in [4.69, 9.17) is 5.73 Å². The molecule has 2 nitrogen and oxygen atoms in total. The molecule has 0 saturated heterocycles. The molecule has 1 aromatic rings. The zero-order valence-electron chi connectivity index (χ0n) is 7.46. The minimum atomic E-state index is -0.218. The van der Waals surface area contributed by atoms with Crippen LogP contribution in [0.5, 0.6) is 0 Å². The molecule has 2 N–H and O–H groups in total. The van der Waals surface area contributed by atoms with Crippen molar-refractivity contribution >= 4 is 0 Å². The summed E-state index contributed by atoms with van der Waals surface area (Å²) >= 11 is 0. The van der Waals surface area contributed by atoms with Crippen LogP contribution in [0.15, 0.2) is 18.3 Å². The Hall–Kier alpha value is -0.960. The summed E-state index contributed by atoms with van der Waals surface area (Å²) in [7, 11) is 0. The van der Waals surface area contributed by atoms with Crippen LogP contribution in [0, 0.1) is 5.82 Å². The molecule has 1 heterocycles. The summed E-state index contributed by atoms with van der Waals surface area (Å²) in [6, 6.07) is 2.87. The van der Waals surface area contributed by atoms with Crippen molar-refractivity contribution in [3.8, 4) is 0 Å². The molecule has 2 rings (SSSR count). The highest BCUT2D eigenvalue weighted by Gasteiger charge is 2.38. The molecule has 3 heteroatoms. The van der Waals surface area contributed by atoms with Crippen molar-refractivity contribution in [3.63, 3.8) is 0 Å². The van der Waals surface area contributed by atoms with Crippen molar-refractivity contribution < 1.29 is 4.39 Å². The predicted octanol–water partition coefficient (Wildman–Crippen LogP) is 1.60. The molecule has 0 aliphatic heterocycles. The first-order valence-electron chi connectivity index (χ1n) is 4.59. The molecule has 1 aliphatic carbocycles. The maximum atomic E-state index is 12.9. The third-order valence-corrected chi connectivity index (χ3v) is 2.97. The van der Waals surface area contributed by atoms with Crippen molar-refractivity contribution in [1.82, 2.24) is 4.98 Å². The fourth-order valence-electron chi connectivity index (χ4n) is 1.86. The lowest BCUT2D eigenvalue weighted by molar-refractivity contribution is 0.245. The Bertz CT molecular complexity index is 302. The number of rotatable bonds is 2. The van der Waals surface area contributed by atoms with Crippen LogP contribution in [0.25, 0.3) is 0 Å². The van der Waals surface area contributed by atoms with Gasteiger partial charge < -0.3 is 5.73 Å². The molecule has 0 bridgehead atoms. The first-order valence-corrected chi connectivity index (χ1v) is 4.59. The molecule has 1 saturated carbocycles. The minimum Gasteiger partial charge on any atom is -0.330 e. The molecule has 13 heavy (non-hydrogen) atoms. The molecule has 0 atom stereocenters. The Balaban J connectivity index is 2.33. The maximum absolute atomic E-state index is 12.9. The predicted molar refractivity (Wildman–Crippen MR) is 48.8 cm³/mol. The monoisotopic (exact) mass is 180 g/mol. The fourth-order valence-corrected chi connectivity index (χ4v) is 1.86. The number of nitrogens with two attached hydrogens (primary N) is 1. The summed E-state index contributed by atoms with van der Waals surface area (Å²) in [6.45, 7) is 0.573. The van der Waals surface area contributed by atoms with Crippen molar-refractivity contribution in [3.05, 3.63) is 29.8 Å². The summed E-state index contributed by atoms with van der Waals surface area (Å²) < 4.78 is 12.9. The molecule has 0 amide bonds. The summed E-state index contributed by atoms with van der Waals surface area (Å²) in [4.78, 5) is 4.18. The summed E-state index contributed by atoms with van der Waals surface area (Å²) in [5.74, 6) is -0.218.